The number of nitrogens with one attached hydrogen (secondary N) is 1. The molecule has 0 aliphatic carbocycles. The maximum Gasteiger partial charge on any atom is 0.272 e. The minimum Gasteiger partial charge on any atom is -0.340 e. The van der Waals surface area contributed by atoms with E-state index in [9.17, 15) is 4.79 Å². The molecule has 0 radical (unpaired) electrons. The fourth-order valence-electron chi connectivity index (χ4n) is 1.41. The van der Waals surface area contributed by atoms with E-state index < -0.39 is 0 Å². The van der Waals surface area contributed by atoms with Crippen molar-refractivity contribution < 1.29 is 4.79 Å². The van der Waals surface area contributed by atoms with Gasteiger partial charge in [-0.3, -0.25) is 4.79 Å². The highest BCUT2D eigenvalue weighted by Crippen LogP contribution is 2.07. The first kappa shape index (κ1) is 10.2. The summed E-state index contributed by atoms with van der Waals surface area (Å²) in [6.45, 7) is 2.19. The molecule has 0 saturated carbocycles. The molecular weight excluding hydrogens is 202 g/mol. The summed E-state index contributed by atoms with van der Waals surface area (Å²) in [4.78, 5) is 15.8. The summed E-state index contributed by atoms with van der Waals surface area (Å²) in [5.74, 6) is 2.09. The predicted octanol–water partition coefficient (Wildman–Crippen LogP) is 1.01. The topological polar surface area (TPSA) is 46.4 Å². The van der Waals surface area contributed by atoms with Gasteiger partial charge in [-0.05, 0) is 24.6 Å². The molecule has 80 valence electrons. The fourth-order valence-corrected chi connectivity index (χ4v) is 1.41. The van der Waals surface area contributed by atoms with Gasteiger partial charge in [0.2, 0.25) is 0 Å². The minimum atomic E-state index is -0.251. The van der Waals surface area contributed by atoms with E-state index in [1.165, 1.54) is 0 Å². The largest absolute Gasteiger partial charge is 0.340 e. The summed E-state index contributed by atoms with van der Waals surface area (Å²) in [7, 11) is 0. The Hall–Kier alpha value is -2.28. The van der Waals surface area contributed by atoms with Crippen LogP contribution in [0.25, 0.3) is 5.65 Å². The zero-order chi connectivity index (χ0) is 11.5. The lowest BCUT2D eigenvalue weighted by Gasteiger charge is -1.94. The average Bonchev–Trinajstić information content (AvgIpc) is 2.68. The molecule has 1 amide bonds. The van der Waals surface area contributed by atoms with Gasteiger partial charge in [-0.25, -0.2) is 4.98 Å². The van der Waals surface area contributed by atoms with Crippen molar-refractivity contribution in [2.45, 2.75) is 6.92 Å². The first-order valence-electron chi connectivity index (χ1n) is 4.88. The second kappa shape index (κ2) is 4.07. The number of hydrogen-bond donors (Lipinski definition) is 1. The molecule has 2 heterocycles. The van der Waals surface area contributed by atoms with Gasteiger partial charge in [0.05, 0.1) is 6.54 Å². The third-order valence-corrected chi connectivity index (χ3v) is 2.20. The normalized spacial score (nSPS) is 10.0. The number of carbonyl (C=O) groups excluding carboxylic acids is 1. The van der Waals surface area contributed by atoms with E-state index in [-0.39, 0.29) is 12.5 Å². The van der Waals surface area contributed by atoms with Gasteiger partial charge < -0.3 is 9.72 Å². The molecule has 0 unspecified atom stereocenters. The van der Waals surface area contributed by atoms with Gasteiger partial charge in [0, 0.05) is 12.4 Å². The summed E-state index contributed by atoms with van der Waals surface area (Å²) in [5, 5.41) is 2.57. The van der Waals surface area contributed by atoms with Crippen molar-refractivity contribution >= 4 is 11.6 Å². The molecule has 0 spiro atoms. The van der Waals surface area contributed by atoms with Gasteiger partial charge in [-0.15, -0.1) is 6.42 Å². The van der Waals surface area contributed by atoms with Crippen LogP contribution in [0.1, 0.15) is 16.1 Å². The zero-order valence-corrected chi connectivity index (χ0v) is 8.90. The van der Waals surface area contributed by atoms with E-state index in [0.717, 1.165) is 11.2 Å². The lowest BCUT2D eigenvalue weighted by molar-refractivity contribution is 0.0954. The van der Waals surface area contributed by atoms with Crippen LogP contribution in [-0.2, 0) is 0 Å². The number of pyridine rings is 1. The molecule has 2 aromatic rings. The van der Waals surface area contributed by atoms with Crippen molar-refractivity contribution in [3.05, 3.63) is 35.8 Å². The van der Waals surface area contributed by atoms with E-state index >= 15 is 0 Å². The van der Waals surface area contributed by atoms with E-state index in [1.807, 2.05) is 25.3 Å². The van der Waals surface area contributed by atoms with Crippen LogP contribution in [0.15, 0.2) is 24.5 Å². The maximum absolute atomic E-state index is 11.6. The van der Waals surface area contributed by atoms with Crippen molar-refractivity contribution in [2.24, 2.45) is 0 Å². The van der Waals surface area contributed by atoms with Gasteiger partial charge in [0.25, 0.3) is 5.91 Å². The van der Waals surface area contributed by atoms with E-state index in [2.05, 4.69) is 16.2 Å². The lowest BCUT2D eigenvalue weighted by Crippen LogP contribution is -2.23. The number of hydrogen-bond acceptors (Lipinski definition) is 2. The number of aromatic nitrogens is 2. The van der Waals surface area contributed by atoms with Crippen LogP contribution in [0.3, 0.4) is 0 Å². The molecule has 0 saturated heterocycles. The minimum absolute atomic E-state index is 0.214. The highest BCUT2D eigenvalue weighted by Gasteiger charge is 2.09. The van der Waals surface area contributed by atoms with Gasteiger partial charge >= 0.3 is 0 Å². The molecule has 4 nitrogen and oxygen atoms in total. The van der Waals surface area contributed by atoms with Crippen LogP contribution in [-0.4, -0.2) is 21.8 Å². The fraction of sp³-hybridized carbons (Fsp3) is 0.167. The van der Waals surface area contributed by atoms with Crippen molar-refractivity contribution in [1.29, 1.82) is 0 Å². The van der Waals surface area contributed by atoms with Crippen LogP contribution in [0.2, 0.25) is 0 Å². The summed E-state index contributed by atoms with van der Waals surface area (Å²) >= 11 is 0. The number of imidazole rings is 1. The molecular formula is C12H11N3O. The lowest BCUT2D eigenvalue weighted by atomic mass is 10.3. The van der Waals surface area contributed by atoms with Crippen molar-refractivity contribution in [2.75, 3.05) is 6.54 Å². The first-order chi connectivity index (χ1) is 7.70. The Labute approximate surface area is 93.3 Å². The molecule has 0 fully saturated rings. The molecule has 2 aromatic heterocycles. The third kappa shape index (κ3) is 1.89. The molecule has 0 aromatic carbocycles. The van der Waals surface area contributed by atoms with Gasteiger partial charge in [-0.1, -0.05) is 5.92 Å². The van der Waals surface area contributed by atoms with Crippen LogP contribution < -0.4 is 5.32 Å². The SMILES string of the molecule is C#CCNC(=O)c1cn2ccc(C)cc2n1. The summed E-state index contributed by atoms with van der Waals surface area (Å²) in [6, 6.07) is 3.87. The second-order valence-electron chi connectivity index (χ2n) is 3.48. The Balaban J connectivity index is 2.33. The Kier molecular flexibility index (Phi) is 2.61. The molecule has 0 aliphatic heterocycles. The number of nitrogens with zero attached hydrogens (tertiary/aromatic N) is 2. The number of aryl methyl sites for hydroxylation is 1. The monoisotopic (exact) mass is 213 g/mol. The van der Waals surface area contributed by atoms with Gasteiger partial charge in [0.1, 0.15) is 11.3 Å². The van der Waals surface area contributed by atoms with Crippen LogP contribution >= 0.6 is 0 Å². The summed E-state index contributed by atoms with van der Waals surface area (Å²) < 4.78 is 1.80. The molecule has 1 N–H and O–H groups in total. The smallest absolute Gasteiger partial charge is 0.272 e. The zero-order valence-electron chi connectivity index (χ0n) is 8.90. The summed E-state index contributed by atoms with van der Waals surface area (Å²) in [5.41, 5.74) is 2.24. The molecule has 0 atom stereocenters. The highest BCUT2D eigenvalue weighted by molar-refractivity contribution is 5.93. The number of rotatable bonds is 2. The van der Waals surface area contributed by atoms with Crippen LogP contribution in [0.5, 0.6) is 0 Å². The van der Waals surface area contributed by atoms with Crippen molar-refractivity contribution in [3.63, 3.8) is 0 Å². The number of terminal acetylenes is 1. The average molecular weight is 213 g/mol. The Bertz CT molecular complexity index is 577. The molecule has 16 heavy (non-hydrogen) atoms. The Morgan fingerprint density at radius 3 is 3.25 bits per heavy atom. The number of carbonyl (C=O) groups is 1. The quantitative estimate of drug-likeness (QED) is 0.757. The summed E-state index contributed by atoms with van der Waals surface area (Å²) in [6.07, 6.45) is 8.61. The molecule has 4 heteroatoms. The number of fused-ring (bicyclic) bond motifs is 1. The maximum atomic E-state index is 11.6. The molecule has 0 bridgehead atoms. The second-order valence-corrected chi connectivity index (χ2v) is 3.48. The van der Waals surface area contributed by atoms with Crippen molar-refractivity contribution in [3.8, 4) is 12.3 Å². The molecule has 0 aliphatic rings. The highest BCUT2D eigenvalue weighted by atomic mass is 16.1. The van der Waals surface area contributed by atoms with Crippen LogP contribution in [0.4, 0.5) is 0 Å². The van der Waals surface area contributed by atoms with Crippen molar-refractivity contribution in [1.82, 2.24) is 14.7 Å². The predicted molar refractivity (Wildman–Crippen MR) is 61.1 cm³/mol. The Morgan fingerprint density at radius 2 is 2.50 bits per heavy atom. The number of amides is 1. The first-order valence-corrected chi connectivity index (χ1v) is 4.88. The third-order valence-electron chi connectivity index (χ3n) is 2.20. The standard InChI is InChI=1S/C12H11N3O/c1-3-5-13-12(16)10-8-15-6-4-9(2)7-11(15)14-10/h1,4,6-8H,5H2,2H3,(H,13,16). The van der Waals surface area contributed by atoms with Gasteiger partial charge in [-0.2, -0.15) is 0 Å². The van der Waals surface area contributed by atoms with E-state index in [1.54, 1.807) is 10.6 Å². The van der Waals surface area contributed by atoms with Gasteiger partial charge in [0.15, 0.2) is 0 Å². The Morgan fingerprint density at radius 1 is 1.69 bits per heavy atom. The van der Waals surface area contributed by atoms with E-state index in [0.29, 0.717) is 5.69 Å². The van der Waals surface area contributed by atoms with E-state index in [4.69, 9.17) is 6.42 Å². The molecule has 2 rings (SSSR count). The van der Waals surface area contributed by atoms with Crippen LogP contribution in [0, 0.1) is 19.3 Å².